The number of fused-ring (bicyclic) bond motifs is 1. The SMILES string of the molecule is CCN1C(=O)C(=CC=C2N(C)c3ccccc3C2(C)C)N(c2ccccc2)C1C=CNc1ccccc1.I. The molecule has 0 aliphatic carbocycles. The van der Waals surface area contributed by atoms with Crippen LogP contribution in [0.1, 0.15) is 26.3 Å². The summed E-state index contributed by atoms with van der Waals surface area (Å²) in [7, 11) is 2.10. The summed E-state index contributed by atoms with van der Waals surface area (Å²) in [4.78, 5) is 20.0. The van der Waals surface area contributed by atoms with Gasteiger partial charge in [-0.25, -0.2) is 0 Å². The smallest absolute Gasteiger partial charge is 0.272 e. The number of halogens is 1. The Morgan fingerprint density at radius 3 is 2.18 bits per heavy atom. The second kappa shape index (κ2) is 11.5. The predicted molar refractivity (Wildman–Crippen MR) is 169 cm³/mol. The molecule has 2 aliphatic rings. The van der Waals surface area contributed by atoms with Crippen molar-refractivity contribution in [3.63, 3.8) is 0 Å². The van der Waals surface area contributed by atoms with E-state index >= 15 is 0 Å². The lowest BCUT2D eigenvalue weighted by atomic mass is 9.84. The third-order valence-electron chi connectivity index (χ3n) is 7.33. The van der Waals surface area contributed by atoms with Crippen LogP contribution in [0, 0.1) is 0 Å². The van der Waals surface area contributed by atoms with Crippen LogP contribution in [0.3, 0.4) is 0 Å². The van der Waals surface area contributed by atoms with Gasteiger partial charge in [0, 0.05) is 48.0 Å². The van der Waals surface area contributed by atoms with Crippen LogP contribution < -0.4 is 15.1 Å². The van der Waals surface area contributed by atoms with Crippen molar-refractivity contribution in [2.45, 2.75) is 32.4 Å². The molecule has 0 aromatic heterocycles. The number of rotatable bonds is 6. The van der Waals surface area contributed by atoms with Crippen LogP contribution in [0.4, 0.5) is 17.1 Å². The number of amides is 1. The van der Waals surface area contributed by atoms with Gasteiger partial charge in [-0.1, -0.05) is 68.4 Å². The van der Waals surface area contributed by atoms with Gasteiger partial charge in [0.1, 0.15) is 11.9 Å². The van der Waals surface area contributed by atoms with Crippen LogP contribution in [0.15, 0.2) is 121 Å². The van der Waals surface area contributed by atoms with Gasteiger partial charge in [-0.15, -0.1) is 24.0 Å². The van der Waals surface area contributed by atoms with Crippen LogP contribution in [0.25, 0.3) is 0 Å². The molecule has 6 heteroatoms. The molecule has 1 saturated heterocycles. The first kappa shape index (κ1) is 27.5. The fourth-order valence-electron chi connectivity index (χ4n) is 5.43. The van der Waals surface area contributed by atoms with E-state index in [4.69, 9.17) is 0 Å². The van der Waals surface area contributed by atoms with E-state index in [1.807, 2.05) is 72.6 Å². The van der Waals surface area contributed by atoms with Crippen LogP contribution in [-0.4, -0.2) is 30.6 Å². The van der Waals surface area contributed by atoms with Crippen molar-refractivity contribution in [3.05, 3.63) is 126 Å². The minimum atomic E-state index is -0.243. The molecule has 2 heterocycles. The molecule has 196 valence electrons. The normalized spacial score (nSPS) is 20.4. The Morgan fingerprint density at radius 2 is 1.53 bits per heavy atom. The third-order valence-corrected chi connectivity index (χ3v) is 7.33. The van der Waals surface area contributed by atoms with Crippen LogP contribution in [0.5, 0.6) is 0 Å². The quantitative estimate of drug-likeness (QED) is 0.236. The maximum atomic E-state index is 13.7. The van der Waals surface area contributed by atoms with Gasteiger partial charge in [0.15, 0.2) is 0 Å². The van der Waals surface area contributed by atoms with Gasteiger partial charge in [-0.3, -0.25) is 4.79 Å². The number of carbonyl (C=O) groups excluding carboxylic acids is 1. The molecular formula is C32H35IN4O. The number of likely N-dealkylation sites (N-methyl/N-ethyl adjacent to an activating group) is 2. The Kier molecular flexibility index (Phi) is 8.31. The van der Waals surface area contributed by atoms with E-state index in [1.54, 1.807) is 0 Å². The topological polar surface area (TPSA) is 38.8 Å². The van der Waals surface area contributed by atoms with Crippen LogP contribution >= 0.6 is 24.0 Å². The number of anilines is 3. The summed E-state index contributed by atoms with van der Waals surface area (Å²) >= 11 is 0. The first-order chi connectivity index (χ1) is 17.9. The van der Waals surface area contributed by atoms with Crippen LogP contribution in [0.2, 0.25) is 0 Å². The monoisotopic (exact) mass is 618 g/mol. The molecule has 1 amide bonds. The average molecular weight is 619 g/mol. The van der Waals surface area contributed by atoms with Gasteiger partial charge in [0.2, 0.25) is 0 Å². The zero-order valence-corrected chi connectivity index (χ0v) is 24.7. The number of hydrogen-bond acceptors (Lipinski definition) is 4. The van der Waals surface area contributed by atoms with E-state index in [0.717, 1.165) is 17.1 Å². The molecule has 1 N–H and O–H groups in total. The highest BCUT2D eigenvalue weighted by Crippen LogP contribution is 2.46. The maximum absolute atomic E-state index is 13.7. The minimum absolute atomic E-state index is 0. The third kappa shape index (κ3) is 4.97. The summed E-state index contributed by atoms with van der Waals surface area (Å²) in [5.41, 5.74) is 6.15. The van der Waals surface area contributed by atoms with Crippen molar-refractivity contribution in [3.8, 4) is 0 Å². The number of para-hydroxylation sites is 3. The van der Waals surface area contributed by atoms with Gasteiger partial charge in [0.05, 0.1) is 0 Å². The molecule has 1 unspecified atom stereocenters. The maximum Gasteiger partial charge on any atom is 0.272 e. The van der Waals surface area contributed by atoms with Crippen molar-refractivity contribution < 1.29 is 4.79 Å². The largest absolute Gasteiger partial charge is 0.362 e. The molecule has 5 nitrogen and oxygen atoms in total. The Hall–Kier alpha value is -3.52. The Morgan fingerprint density at radius 1 is 0.895 bits per heavy atom. The first-order valence-electron chi connectivity index (χ1n) is 12.8. The molecule has 0 bridgehead atoms. The molecular weight excluding hydrogens is 583 g/mol. The highest BCUT2D eigenvalue weighted by atomic mass is 127. The summed E-state index contributed by atoms with van der Waals surface area (Å²) in [6, 6.07) is 28.7. The second-order valence-corrected chi connectivity index (χ2v) is 9.88. The molecule has 38 heavy (non-hydrogen) atoms. The fourth-order valence-corrected chi connectivity index (χ4v) is 5.43. The summed E-state index contributed by atoms with van der Waals surface area (Å²) in [6.07, 6.45) is 7.85. The highest BCUT2D eigenvalue weighted by molar-refractivity contribution is 14.0. The summed E-state index contributed by atoms with van der Waals surface area (Å²) < 4.78 is 0. The molecule has 0 saturated carbocycles. The Bertz CT molecular complexity index is 1360. The van der Waals surface area contributed by atoms with Crippen molar-refractivity contribution in [2.24, 2.45) is 0 Å². The van der Waals surface area contributed by atoms with Gasteiger partial charge in [0.25, 0.3) is 5.91 Å². The number of benzene rings is 3. The van der Waals surface area contributed by atoms with E-state index in [2.05, 4.69) is 84.6 Å². The molecule has 1 fully saturated rings. The van der Waals surface area contributed by atoms with Crippen molar-refractivity contribution in [1.29, 1.82) is 0 Å². The minimum Gasteiger partial charge on any atom is -0.362 e. The predicted octanol–water partition coefficient (Wildman–Crippen LogP) is 7.12. The van der Waals surface area contributed by atoms with E-state index in [0.29, 0.717) is 12.2 Å². The van der Waals surface area contributed by atoms with E-state index in [-0.39, 0.29) is 41.5 Å². The van der Waals surface area contributed by atoms with E-state index in [9.17, 15) is 4.79 Å². The lowest BCUT2D eigenvalue weighted by Crippen LogP contribution is -2.38. The molecule has 1 atom stereocenters. The standard InChI is InChI=1S/C32H34N4O.HI/c1-5-35-30(22-23-33-24-14-8-6-9-15-24)36(25-16-10-7-11-17-25)28(31(35)37)20-21-29-32(2,3)26-18-12-13-19-27(26)34(29)4;/h6-23,30,33H,5H2,1-4H3;1H. The van der Waals surface area contributed by atoms with Crippen LogP contribution in [-0.2, 0) is 10.2 Å². The van der Waals surface area contributed by atoms with Gasteiger partial charge >= 0.3 is 0 Å². The van der Waals surface area contributed by atoms with Gasteiger partial charge in [-0.2, -0.15) is 0 Å². The first-order valence-corrected chi connectivity index (χ1v) is 12.8. The number of nitrogens with one attached hydrogen (secondary N) is 1. The zero-order chi connectivity index (χ0) is 26.0. The van der Waals surface area contributed by atoms with Gasteiger partial charge < -0.3 is 20.0 Å². The molecule has 0 radical (unpaired) electrons. The van der Waals surface area contributed by atoms with Crippen molar-refractivity contribution in [1.82, 2.24) is 4.90 Å². The van der Waals surface area contributed by atoms with Crippen molar-refractivity contribution in [2.75, 3.05) is 28.7 Å². The molecule has 3 aromatic carbocycles. The number of nitrogens with zero attached hydrogens (tertiary/aromatic N) is 3. The van der Waals surface area contributed by atoms with Gasteiger partial charge in [-0.05, 0) is 61.0 Å². The number of allylic oxidation sites excluding steroid dienone is 3. The fraction of sp³-hybridized carbons (Fsp3) is 0.219. The summed E-state index contributed by atoms with van der Waals surface area (Å²) in [6.45, 7) is 7.11. The highest BCUT2D eigenvalue weighted by Gasteiger charge is 2.41. The molecule has 5 rings (SSSR count). The lowest BCUT2D eigenvalue weighted by Gasteiger charge is -2.28. The lowest BCUT2D eigenvalue weighted by molar-refractivity contribution is -0.125. The summed E-state index contributed by atoms with van der Waals surface area (Å²) in [5, 5.41) is 3.34. The number of hydrogen-bond donors (Lipinski definition) is 1. The zero-order valence-electron chi connectivity index (χ0n) is 22.3. The van der Waals surface area contributed by atoms with E-state index < -0.39 is 0 Å². The summed E-state index contributed by atoms with van der Waals surface area (Å²) in [5.74, 6) is 0.0218. The Balaban J connectivity index is 0.00000336. The second-order valence-electron chi connectivity index (χ2n) is 9.88. The Labute approximate surface area is 243 Å². The molecule has 2 aliphatic heterocycles. The number of carbonyl (C=O) groups is 1. The average Bonchev–Trinajstić information content (AvgIpc) is 3.30. The molecule has 3 aromatic rings. The van der Waals surface area contributed by atoms with E-state index in [1.165, 1.54) is 11.3 Å². The molecule has 0 spiro atoms. The van der Waals surface area contributed by atoms with Crippen molar-refractivity contribution >= 4 is 46.9 Å².